The molecule has 0 aliphatic heterocycles. The number of aromatic amines is 1. The Bertz CT molecular complexity index is 562. The van der Waals surface area contributed by atoms with Gasteiger partial charge in [0, 0.05) is 22.6 Å². The average Bonchev–Trinajstić information content (AvgIpc) is 2.86. The van der Waals surface area contributed by atoms with Gasteiger partial charge in [0.1, 0.15) is 0 Å². The minimum absolute atomic E-state index is 0.155. The van der Waals surface area contributed by atoms with Crippen LogP contribution in [0.4, 0.5) is 0 Å². The molecule has 1 saturated carbocycles. The van der Waals surface area contributed by atoms with Crippen LogP contribution in [0.5, 0.6) is 0 Å². The maximum atomic E-state index is 6.16. The summed E-state index contributed by atoms with van der Waals surface area (Å²) in [5.74, 6) is 0. The molecule has 3 rings (SSSR count). The molecule has 0 atom stereocenters. The van der Waals surface area contributed by atoms with E-state index >= 15 is 0 Å². The summed E-state index contributed by atoms with van der Waals surface area (Å²) in [6.07, 6.45) is 6.78. The van der Waals surface area contributed by atoms with Crippen LogP contribution in [0.25, 0.3) is 10.9 Å². The fourth-order valence-corrected chi connectivity index (χ4v) is 2.74. The highest BCUT2D eigenvalue weighted by atomic mass is 14.8. The van der Waals surface area contributed by atoms with Crippen molar-refractivity contribution in [2.75, 3.05) is 0 Å². The lowest BCUT2D eigenvalue weighted by atomic mass is 10.00. The van der Waals surface area contributed by atoms with Crippen molar-refractivity contribution in [2.45, 2.75) is 45.1 Å². The Morgan fingerprint density at radius 1 is 1.29 bits per heavy atom. The van der Waals surface area contributed by atoms with Crippen molar-refractivity contribution in [1.82, 2.24) is 4.98 Å². The van der Waals surface area contributed by atoms with Crippen LogP contribution in [0.1, 0.15) is 36.0 Å². The Hall–Kier alpha value is -1.28. The number of rotatable bonds is 3. The third-order valence-electron chi connectivity index (χ3n) is 3.99. The van der Waals surface area contributed by atoms with Crippen LogP contribution in [0.2, 0.25) is 0 Å². The summed E-state index contributed by atoms with van der Waals surface area (Å²) >= 11 is 0. The number of nitrogens with one attached hydrogen (secondary N) is 1. The SMILES string of the molecule is Cc1cc(C)c2c(CCC3(N)CC3)c[nH]c2c1. The predicted molar refractivity (Wildman–Crippen MR) is 72.2 cm³/mol. The first-order valence-electron chi connectivity index (χ1n) is 6.43. The van der Waals surface area contributed by atoms with E-state index in [0.717, 1.165) is 12.8 Å². The molecule has 1 aromatic heterocycles. The zero-order valence-corrected chi connectivity index (χ0v) is 10.6. The molecule has 17 heavy (non-hydrogen) atoms. The zero-order valence-electron chi connectivity index (χ0n) is 10.6. The second kappa shape index (κ2) is 3.61. The van der Waals surface area contributed by atoms with E-state index in [4.69, 9.17) is 5.73 Å². The van der Waals surface area contributed by atoms with E-state index < -0.39 is 0 Å². The Balaban J connectivity index is 1.94. The number of H-pyrrole nitrogens is 1. The van der Waals surface area contributed by atoms with Crippen LogP contribution >= 0.6 is 0 Å². The second-order valence-electron chi connectivity index (χ2n) is 5.68. The molecule has 0 unspecified atom stereocenters. The van der Waals surface area contributed by atoms with Crippen molar-refractivity contribution in [3.05, 3.63) is 35.0 Å². The molecule has 1 aliphatic rings. The molecule has 0 bridgehead atoms. The third-order valence-corrected chi connectivity index (χ3v) is 3.99. The quantitative estimate of drug-likeness (QED) is 0.832. The number of hydrogen-bond donors (Lipinski definition) is 2. The van der Waals surface area contributed by atoms with E-state index in [2.05, 4.69) is 37.2 Å². The Morgan fingerprint density at radius 2 is 2.06 bits per heavy atom. The number of fused-ring (bicyclic) bond motifs is 1. The molecule has 1 fully saturated rings. The van der Waals surface area contributed by atoms with E-state index in [0.29, 0.717) is 0 Å². The average molecular weight is 228 g/mol. The molecule has 3 N–H and O–H groups in total. The maximum absolute atomic E-state index is 6.16. The van der Waals surface area contributed by atoms with Gasteiger partial charge in [-0.05, 0) is 62.3 Å². The first-order chi connectivity index (χ1) is 8.07. The van der Waals surface area contributed by atoms with E-state index in [1.807, 2.05) is 0 Å². The fourth-order valence-electron chi connectivity index (χ4n) is 2.74. The van der Waals surface area contributed by atoms with Crippen molar-refractivity contribution in [3.8, 4) is 0 Å². The van der Waals surface area contributed by atoms with Crippen molar-refractivity contribution in [2.24, 2.45) is 5.73 Å². The summed E-state index contributed by atoms with van der Waals surface area (Å²) < 4.78 is 0. The molecule has 2 aromatic rings. The van der Waals surface area contributed by atoms with Gasteiger partial charge >= 0.3 is 0 Å². The Morgan fingerprint density at radius 3 is 2.76 bits per heavy atom. The molecule has 1 aliphatic carbocycles. The summed E-state index contributed by atoms with van der Waals surface area (Å²) in [5, 5.41) is 1.40. The highest BCUT2D eigenvalue weighted by molar-refractivity contribution is 5.87. The number of benzene rings is 1. The van der Waals surface area contributed by atoms with Gasteiger partial charge in [-0.25, -0.2) is 0 Å². The normalized spacial score (nSPS) is 17.6. The number of nitrogens with two attached hydrogens (primary N) is 1. The number of aromatic nitrogens is 1. The highest BCUT2D eigenvalue weighted by Crippen LogP contribution is 2.37. The van der Waals surface area contributed by atoms with Gasteiger partial charge in [0.25, 0.3) is 0 Å². The largest absolute Gasteiger partial charge is 0.361 e. The summed E-state index contributed by atoms with van der Waals surface area (Å²) in [7, 11) is 0. The topological polar surface area (TPSA) is 41.8 Å². The fraction of sp³-hybridized carbons (Fsp3) is 0.467. The molecule has 2 heteroatoms. The highest BCUT2D eigenvalue weighted by Gasteiger charge is 2.37. The molecule has 1 aromatic carbocycles. The molecule has 2 nitrogen and oxygen atoms in total. The molecule has 0 radical (unpaired) electrons. The molecule has 0 spiro atoms. The van der Waals surface area contributed by atoms with Gasteiger partial charge in [-0.3, -0.25) is 0 Å². The van der Waals surface area contributed by atoms with E-state index in [-0.39, 0.29) is 5.54 Å². The Labute approximate surface area is 102 Å². The van der Waals surface area contributed by atoms with Crippen LogP contribution in [-0.4, -0.2) is 10.5 Å². The van der Waals surface area contributed by atoms with Gasteiger partial charge in [0.15, 0.2) is 0 Å². The maximum Gasteiger partial charge on any atom is 0.0462 e. The summed E-state index contributed by atoms with van der Waals surface area (Å²) in [4.78, 5) is 3.39. The van der Waals surface area contributed by atoms with Gasteiger partial charge in [-0.2, -0.15) is 0 Å². The van der Waals surface area contributed by atoms with E-state index in [1.54, 1.807) is 0 Å². The van der Waals surface area contributed by atoms with Gasteiger partial charge in [0.2, 0.25) is 0 Å². The van der Waals surface area contributed by atoms with Crippen LogP contribution in [0, 0.1) is 13.8 Å². The number of hydrogen-bond acceptors (Lipinski definition) is 1. The molecule has 90 valence electrons. The lowest BCUT2D eigenvalue weighted by molar-refractivity contribution is 0.610. The van der Waals surface area contributed by atoms with Crippen molar-refractivity contribution < 1.29 is 0 Å². The van der Waals surface area contributed by atoms with Crippen molar-refractivity contribution in [3.63, 3.8) is 0 Å². The first kappa shape index (κ1) is 10.8. The van der Waals surface area contributed by atoms with E-state index in [1.165, 1.54) is 40.4 Å². The van der Waals surface area contributed by atoms with Crippen LogP contribution in [0.3, 0.4) is 0 Å². The standard InChI is InChI=1S/C15H20N2/c1-10-7-11(2)14-12(9-17-13(14)8-10)3-4-15(16)5-6-15/h7-9,17H,3-6,16H2,1-2H3. The van der Waals surface area contributed by atoms with Crippen molar-refractivity contribution >= 4 is 10.9 Å². The molecule has 0 amide bonds. The van der Waals surface area contributed by atoms with Gasteiger partial charge in [-0.1, -0.05) is 6.07 Å². The van der Waals surface area contributed by atoms with Gasteiger partial charge in [0.05, 0.1) is 0 Å². The molecule has 1 heterocycles. The molecular weight excluding hydrogens is 208 g/mol. The predicted octanol–water partition coefficient (Wildman–Crippen LogP) is 3.21. The monoisotopic (exact) mass is 228 g/mol. The Kier molecular flexibility index (Phi) is 2.30. The van der Waals surface area contributed by atoms with Crippen LogP contribution in [0.15, 0.2) is 18.3 Å². The lowest BCUT2D eigenvalue weighted by Gasteiger charge is -2.08. The van der Waals surface area contributed by atoms with Gasteiger partial charge < -0.3 is 10.7 Å². The first-order valence-corrected chi connectivity index (χ1v) is 6.43. The van der Waals surface area contributed by atoms with Crippen molar-refractivity contribution in [1.29, 1.82) is 0 Å². The van der Waals surface area contributed by atoms with Crippen LogP contribution in [-0.2, 0) is 6.42 Å². The molecule has 0 saturated heterocycles. The minimum atomic E-state index is 0.155. The minimum Gasteiger partial charge on any atom is -0.361 e. The summed E-state index contributed by atoms with van der Waals surface area (Å²) in [6.45, 7) is 4.34. The summed E-state index contributed by atoms with van der Waals surface area (Å²) in [5.41, 5.74) is 11.7. The van der Waals surface area contributed by atoms with Gasteiger partial charge in [-0.15, -0.1) is 0 Å². The summed E-state index contributed by atoms with van der Waals surface area (Å²) in [6, 6.07) is 4.48. The number of aryl methyl sites for hydroxylation is 3. The smallest absolute Gasteiger partial charge is 0.0462 e. The second-order valence-corrected chi connectivity index (χ2v) is 5.68. The third kappa shape index (κ3) is 1.98. The molecular formula is C15H20N2. The van der Waals surface area contributed by atoms with E-state index in [9.17, 15) is 0 Å². The van der Waals surface area contributed by atoms with Crippen LogP contribution < -0.4 is 5.73 Å². The zero-order chi connectivity index (χ0) is 12.0. The lowest BCUT2D eigenvalue weighted by Crippen LogP contribution is -2.22.